The zero-order chi connectivity index (χ0) is 20.0. The summed E-state index contributed by atoms with van der Waals surface area (Å²) >= 11 is 4.85. The molecule has 2 aliphatic carbocycles. The quantitative estimate of drug-likeness (QED) is 0.237. The molecular weight excluding hydrogens is 482 g/mol. The molecular formula is C22H24BrN3O2S2. The summed E-state index contributed by atoms with van der Waals surface area (Å²) in [5.41, 5.74) is 8.10. The number of aromatic nitrogens is 1. The highest BCUT2D eigenvalue weighted by Gasteiger charge is 2.50. The fraction of sp³-hybridized carbons (Fsp3) is 0.318. The Hall–Kier alpha value is -1.45. The van der Waals surface area contributed by atoms with E-state index >= 15 is 0 Å². The van der Waals surface area contributed by atoms with Gasteiger partial charge in [-0.05, 0) is 49.4 Å². The first-order valence-electron chi connectivity index (χ1n) is 9.74. The molecule has 1 fully saturated rings. The van der Waals surface area contributed by atoms with Crippen LogP contribution in [0.1, 0.15) is 42.5 Å². The molecule has 0 amide bonds. The number of anilines is 1. The largest absolute Gasteiger partial charge is 0.354 e. The van der Waals surface area contributed by atoms with E-state index in [1.807, 2.05) is 13.1 Å². The molecule has 1 N–H and O–H groups in total. The summed E-state index contributed by atoms with van der Waals surface area (Å²) in [4.78, 5) is 0. The third-order valence-corrected chi connectivity index (χ3v) is 7.28. The van der Waals surface area contributed by atoms with Gasteiger partial charge in [0.1, 0.15) is 12.2 Å². The molecule has 5 nitrogen and oxygen atoms in total. The van der Waals surface area contributed by atoms with Gasteiger partial charge in [0.05, 0.1) is 0 Å². The highest BCUT2D eigenvalue weighted by atomic mass is 79.9. The summed E-state index contributed by atoms with van der Waals surface area (Å²) in [6.45, 7) is 2.15. The van der Waals surface area contributed by atoms with Crippen molar-refractivity contribution in [2.75, 3.05) is 12.5 Å². The Morgan fingerprint density at radius 1 is 1.23 bits per heavy atom. The van der Waals surface area contributed by atoms with Crippen LogP contribution in [-0.2, 0) is 16.1 Å². The zero-order valence-corrected chi connectivity index (χ0v) is 20.2. The molecule has 1 atom stereocenters. The van der Waals surface area contributed by atoms with Crippen molar-refractivity contribution in [2.24, 2.45) is 0 Å². The Labute approximate surface area is 196 Å². The average molecular weight is 506 g/mol. The summed E-state index contributed by atoms with van der Waals surface area (Å²) < 4.78 is 14.5. The third kappa shape index (κ3) is 3.91. The van der Waals surface area contributed by atoms with Crippen LogP contribution in [0.15, 0.2) is 57.5 Å². The normalized spacial score (nSPS) is 16.5. The zero-order valence-electron chi connectivity index (χ0n) is 16.8. The van der Waals surface area contributed by atoms with E-state index in [-0.39, 0.29) is 25.0 Å². The number of halogens is 1. The smallest absolute Gasteiger partial charge is 0.197 e. The topological polar surface area (TPSA) is 50.5 Å². The van der Waals surface area contributed by atoms with Crippen LogP contribution in [-0.4, -0.2) is 16.5 Å². The molecule has 30 heavy (non-hydrogen) atoms. The van der Waals surface area contributed by atoms with E-state index in [9.17, 15) is 0 Å². The van der Waals surface area contributed by atoms with E-state index in [1.54, 1.807) is 0 Å². The minimum absolute atomic E-state index is 0. The van der Waals surface area contributed by atoms with E-state index in [0.717, 1.165) is 27.8 Å². The van der Waals surface area contributed by atoms with Gasteiger partial charge >= 0.3 is 0 Å². The Morgan fingerprint density at radius 2 is 2.00 bits per heavy atom. The molecule has 0 radical (unpaired) electrons. The molecule has 1 spiro atoms. The van der Waals surface area contributed by atoms with Crippen LogP contribution < -0.4 is 5.48 Å². The molecule has 0 saturated heterocycles. The summed E-state index contributed by atoms with van der Waals surface area (Å²) in [5.74, 6) is 1.52. The van der Waals surface area contributed by atoms with E-state index in [0.29, 0.717) is 5.82 Å². The van der Waals surface area contributed by atoms with Gasteiger partial charge in [0, 0.05) is 34.1 Å². The number of nitrogens with one attached hydrogen (secondary N) is 1. The number of nitrogens with zero attached hydrogens (tertiary/aromatic N) is 2. The Bertz CT molecular complexity index is 1040. The number of rotatable bonds is 6. The van der Waals surface area contributed by atoms with Gasteiger partial charge in [-0.3, -0.25) is 0 Å². The number of hydrogen-bond donors (Lipinski definition) is 1. The molecule has 5 rings (SSSR count). The monoisotopic (exact) mass is 505 g/mol. The number of hydrogen-bond acceptors (Lipinski definition) is 6. The summed E-state index contributed by atoms with van der Waals surface area (Å²) in [5, 5.41) is 4.26. The Kier molecular flexibility index (Phi) is 6.23. The lowest BCUT2D eigenvalue weighted by atomic mass is 9.79. The minimum Gasteiger partial charge on any atom is -0.354 e. The van der Waals surface area contributed by atoms with Crippen LogP contribution >= 0.6 is 41.7 Å². The first-order valence-corrected chi connectivity index (χ1v) is 11.2. The SMILES string of the molecule is CC(c1ccccc1)N(C)SONc1noc2c1CC1(CC1)c1ccc(Br)cc1-2.S. The van der Waals surface area contributed by atoms with Crippen LogP contribution in [0.2, 0.25) is 0 Å². The predicted octanol–water partition coefficient (Wildman–Crippen LogP) is 6.40. The van der Waals surface area contributed by atoms with Crippen LogP contribution in [0.4, 0.5) is 5.82 Å². The highest BCUT2D eigenvalue weighted by molar-refractivity contribution is 9.10. The van der Waals surface area contributed by atoms with E-state index < -0.39 is 0 Å². The van der Waals surface area contributed by atoms with Crippen molar-refractivity contribution in [2.45, 2.75) is 37.6 Å². The molecule has 2 aromatic carbocycles. The maximum absolute atomic E-state index is 5.73. The van der Waals surface area contributed by atoms with Crippen molar-refractivity contribution >= 4 is 47.5 Å². The maximum atomic E-state index is 5.73. The van der Waals surface area contributed by atoms with Crippen LogP contribution in [0, 0.1) is 0 Å². The molecule has 1 unspecified atom stereocenters. The predicted molar refractivity (Wildman–Crippen MR) is 130 cm³/mol. The van der Waals surface area contributed by atoms with Gasteiger partial charge in [0.25, 0.3) is 0 Å². The summed E-state index contributed by atoms with van der Waals surface area (Å²) in [6, 6.07) is 17.0. The molecule has 1 heterocycles. The van der Waals surface area contributed by atoms with Crippen molar-refractivity contribution in [3.05, 3.63) is 69.7 Å². The van der Waals surface area contributed by atoms with Crippen molar-refractivity contribution in [3.8, 4) is 11.3 Å². The second kappa shape index (κ2) is 8.59. The molecule has 1 aromatic heterocycles. The summed E-state index contributed by atoms with van der Waals surface area (Å²) in [7, 11) is 2.01. The highest BCUT2D eigenvalue weighted by Crippen LogP contribution is 2.58. The van der Waals surface area contributed by atoms with Crippen LogP contribution in [0.3, 0.4) is 0 Å². The average Bonchev–Trinajstić information content (AvgIpc) is 3.39. The summed E-state index contributed by atoms with van der Waals surface area (Å²) in [6.07, 6.45) is 3.35. The van der Waals surface area contributed by atoms with Gasteiger partial charge in [-0.15, -0.1) is 0 Å². The molecule has 0 aliphatic heterocycles. The second-order valence-corrected chi connectivity index (χ2v) is 9.69. The lowest BCUT2D eigenvalue weighted by molar-refractivity contribution is 0.376. The third-order valence-electron chi connectivity index (χ3n) is 6.08. The fourth-order valence-electron chi connectivity index (χ4n) is 4.09. The Balaban J connectivity index is 0.00000218. The van der Waals surface area contributed by atoms with Crippen molar-refractivity contribution in [3.63, 3.8) is 0 Å². The van der Waals surface area contributed by atoms with E-state index in [1.165, 1.54) is 36.2 Å². The molecule has 8 heteroatoms. The van der Waals surface area contributed by atoms with Gasteiger partial charge in [-0.2, -0.15) is 17.8 Å². The number of benzene rings is 2. The molecule has 1 saturated carbocycles. The van der Waals surface area contributed by atoms with Gasteiger partial charge in [0.15, 0.2) is 11.6 Å². The van der Waals surface area contributed by atoms with Gasteiger partial charge in [-0.1, -0.05) is 57.5 Å². The molecule has 0 bridgehead atoms. The van der Waals surface area contributed by atoms with E-state index in [4.69, 9.17) is 8.81 Å². The maximum Gasteiger partial charge on any atom is 0.197 e. The fourth-order valence-corrected chi connectivity index (χ4v) is 4.93. The van der Waals surface area contributed by atoms with Gasteiger partial charge < -0.3 is 4.52 Å². The lowest BCUT2D eigenvalue weighted by Crippen LogP contribution is -2.18. The van der Waals surface area contributed by atoms with Crippen molar-refractivity contribution in [1.29, 1.82) is 0 Å². The second-order valence-electron chi connectivity index (χ2n) is 7.88. The standard InChI is InChI=1S/C22H22BrN3O2S.H2S/c1-14(15-6-4-3-5-7-15)26(2)29-28-25-21-18-13-22(10-11-22)19-9-8-16(23)12-17(19)20(18)27-24-21;/h3-9,12,14H,10-11,13H2,1-2H3,(H,24,25);1H2. The Morgan fingerprint density at radius 3 is 2.73 bits per heavy atom. The van der Waals surface area contributed by atoms with Gasteiger partial charge in [0.2, 0.25) is 0 Å². The molecule has 2 aliphatic rings. The van der Waals surface area contributed by atoms with E-state index in [2.05, 4.69) is 80.3 Å². The first-order chi connectivity index (χ1) is 14.1. The van der Waals surface area contributed by atoms with Crippen LogP contribution in [0.5, 0.6) is 0 Å². The van der Waals surface area contributed by atoms with Crippen molar-refractivity contribution < 1.29 is 8.81 Å². The van der Waals surface area contributed by atoms with Crippen molar-refractivity contribution in [1.82, 2.24) is 9.46 Å². The molecule has 3 aromatic rings. The van der Waals surface area contributed by atoms with Gasteiger partial charge in [-0.25, -0.2) is 9.79 Å². The first kappa shape index (κ1) is 21.8. The minimum atomic E-state index is 0. The van der Waals surface area contributed by atoms with Crippen LogP contribution in [0.25, 0.3) is 11.3 Å². The lowest BCUT2D eigenvalue weighted by Gasteiger charge is -2.25. The molecule has 158 valence electrons. The number of fused-ring (bicyclic) bond motifs is 4.